The number of anilines is 1. The van der Waals surface area contributed by atoms with Crippen molar-refractivity contribution in [3.8, 4) is 0 Å². The average Bonchev–Trinajstić information content (AvgIpc) is 3.12. The molecule has 0 aromatic carbocycles. The number of hydrogen-bond acceptors (Lipinski definition) is 6. The lowest BCUT2D eigenvalue weighted by Gasteiger charge is -2.62. The number of aryl methyl sites for hydroxylation is 2. The molecular weight excluding hydrogens is 448 g/mol. The van der Waals surface area contributed by atoms with E-state index < -0.39 is 0 Å². The molecule has 0 amide bonds. The van der Waals surface area contributed by atoms with E-state index in [1.54, 1.807) is 6.20 Å². The lowest BCUT2D eigenvalue weighted by Crippen LogP contribution is -2.58. The SMILES string of the molecule is Cc1cc(CCC(=O)Cn2ncc(N[C@@H]3C[C@H]4C[C@@H]([C@H]3C)C4(C)C)c(Br)c2=O)on1. The van der Waals surface area contributed by atoms with E-state index in [2.05, 4.69) is 52.3 Å². The summed E-state index contributed by atoms with van der Waals surface area (Å²) in [5, 5.41) is 11.6. The van der Waals surface area contributed by atoms with Crippen LogP contribution in [0.5, 0.6) is 0 Å². The highest BCUT2D eigenvalue weighted by Gasteiger charge is 2.56. The second kappa shape index (κ2) is 7.94. The summed E-state index contributed by atoms with van der Waals surface area (Å²) in [6.07, 6.45) is 4.81. The smallest absolute Gasteiger partial charge is 0.283 e. The Kier molecular flexibility index (Phi) is 5.64. The maximum atomic E-state index is 12.7. The molecule has 8 heteroatoms. The minimum Gasteiger partial charge on any atom is -0.380 e. The van der Waals surface area contributed by atoms with Gasteiger partial charge in [0.25, 0.3) is 5.56 Å². The number of fused-ring (bicyclic) bond motifs is 2. The van der Waals surface area contributed by atoms with Crippen molar-refractivity contribution in [1.82, 2.24) is 14.9 Å². The minimum absolute atomic E-state index is 0.0526. The second-order valence-electron chi connectivity index (χ2n) is 9.51. The molecule has 1 N–H and O–H groups in total. The van der Waals surface area contributed by atoms with Gasteiger partial charge in [-0.15, -0.1) is 0 Å². The molecule has 2 bridgehead atoms. The Bertz CT molecular complexity index is 1010. The van der Waals surface area contributed by atoms with Crippen molar-refractivity contribution >= 4 is 27.4 Å². The number of carbonyl (C=O) groups is 1. The number of nitrogens with one attached hydrogen (secondary N) is 1. The van der Waals surface area contributed by atoms with Gasteiger partial charge in [0, 0.05) is 24.9 Å². The van der Waals surface area contributed by atoms with E-state index in [9.17, 15) is 9.59 Å². The molecule has 2 heterocycles. The van der Waals surface area contributed by atoms with Crippen molar-refractivity contribution < 1.29 is 9.32 Å². The maximum Gasteiger partial charge on any atom is 0.283 e. The van der Waals surface area contributed by atoms with E-state index >= 15 is 0 Å². The number of halogens is 1. The lowest BCUT2D eigenvalue weighted by atomic mass is 9.45. The predicted molar refractivity (Wildman–Crippen MR) is 117 cm³/mol. The van der Waals surface area contributed by atoms with E-state index in [-0.39, 0.29) is 24.3 Å². The van der Waals surface area contributed by atoms with Gasteiger partial charge in [0.1, 0.15) is 16.8 Å². The molecule has 2 aromatic rings. The van der Waals surface area contributed by atoms with Crippen molar-refractivity contribution in [2.75, 3.05) is 5.32 Å². The predicted octanol–water partition coefficient (Wildman–Crippen LogP) is 3.99. The molecule has 0 radical (unpaired) electrons. The van der Waals surface area contributed by atoms with Crippen LogP contribution in [0.4, 0.5) is 5.69 Å². The van der Waals surface area contributed by atoms with Crippen LogP contribution in [-0.4, -0.2) is 26.8 Å². The van der Waals surface area contributed by atoms with E-state index in [1.165, 1.54) is 11.1 Å². The standard InChI is InChI=1S/C22H29BrN4O3/c1-12-7-16(30-26-12)6-5-15(28)11-27-21(29)20(23)19(10-24-27)25-18-9-14-8-17(13(18)2)22(14,3)4/h7,10,13-14,17-18,25H,5-6,8-9,11H2,1-4H3/t13-,14-,17+,18-/m1/s1. The third kappa shape index (κ3) is 3.86. The molecule has 0 saturated heterocycles. The molecule has 5 rings (SSSR count). The molecular formula is C22H29BrN4O3. The van der Waals surface area contributed by atoms with Crippen molar-refractivity contribution in [2.24, 2.45) is 23.2 Å². The molecule has 30 heavy (non-hydrogen) atoms. The molecule has 2 aromatic heterocycles. The van der Waals surface area contributed by atoms with Crippen LogP contribution in [0.25, 0.3) is 0 Å². The Morgan fingerprint density at radius 2 is 2.17 bits per heavy atom. The van der Waals surface area contributed by atoms with Crippen LogP contribution in [0, 0.1) is 30.1 Å². The number of aromatic nitrogens is 3. The van der Waals surface area contributed by atoms with Crippen LogP contribution in [0.15, 0.2) is 26.1 Å². The number of hydrogen-bond donors (Lipinski definition) is 1. The summed E-state index contributed by atoms with van der Waals surface area (Å²) >= 11 is 3.42. The van der Waals surface area contributed by atoms with Gasteiger partial charge in [0.2, 0.25) is 0 Å². The zero-order valence-electron chi connectivity index (χ0n) is 17.9. The first-order chi connectivity index (χ1) is 14.2. The first-order valence-electron chi connectivity index (χ1n) is 10.6. The second-order valence-corrected chi connectivity index (χ2v) is 10.3. The Morgan fingerprint density at radius 1 is 1.40 bits per heavy atom. The third-order valence-electron chi connectivity index (χ3n) is 7.33. The number of nitrogens with zero attached hydrogens (tertiary/aromatic N) is 3. The molecule has 0 unspecified atom stereocenters. The van der Waals surface area contributed by atoms with Crippen LogP contribution in [0.3, 0.4) is 0 Å². The highest BCUT2D eigenvalue weighted by Crippen LogP contribution is 2.61. The highest BCUT2D eigenvalue weighted by atomic mass is 79.9. The van der Waals surface area contributed by atoms with Gasteiger partial charge in [0.05, 0.1) is 17.6 Å². The largest absolute Gasteiger partial charge is 0.380 e. The average molecular weight is 477 g/mol. The quantitative estimate of drug-likeness (QED) is 0.649. The fraction of sp³-hybridized carbons (Fsp3) is 0.636. The third-order valence-corrected chi connectivity index (χ3v) is 8.10. The Balaban J connectivity index is 1.39. The molecule has 7 nitrogen and oxygen atoms in total. The Hall–Kier alpha value is -1.96. The fourth-order valence-corrected chi connectivity index (χ4v) is 5.68. The van der Waals surface area contributed by atoms with E-state index in [0.29, 0.717) is 45.6 Å². The molecule has 3 saturated carbocycles. The van der Waals surface area contributed by atoms with Crippen LogP contribution in [-0.2, 0) is 17.8 Å². The lowest BCUT2D eigenvalue weighted by molar-refractivity contribution is -0.119. The maximum absolute atomic E-state index is 12.7. The minimum atomic E-state index is -0.294. The zero-order chi connectivity index (χ0) is 21.6. The van der Waals surface area contributed by atoms with Crippen molar-refractivity contribution in [1.29, 1.82) is 0 Å². The van der Waals surface area contributed by atoms with Gasteiger partial charge in [-0.1, -0.05) is 25.9 Å². The van der Waals surface area contributed by atoms with Gasteiger partial charge in [-0.25, -0.2) is 4.68 Å². The van der Waals surface area contributed by atoms with E-state index in [0.717, 1.165) is 18.0 Å². The van der Waals surface area contributed by atoms with E-state index in [1.807, 2.05) is 13.0 Å². The monoisotopic (exact) mass is 476 g/mol. The van der Waals surface area contributed by atoms with Crippen molar-refractivity contribution in [3.05, 3.63) is 38.5 Å². The van der Waals surface area contributed by atoms with Crippen LogP contribution in [0.2, 0.25) is 0 Å². The summed E-state index contributed by atoms with van der Waals surface area (Å²) in [6.45, 7) is 8.83. The molecule has 0 spiro atoms. The first-order valence-corrected chi connectivity index (χ1v) is 11.4. The van der Waals surface area contributed by atoms with Crippen LogP contribution >= 0.6 is 15.9 Å². The molecule has 162 valence electrons. The number of Topliss-reactive ketones (excluding diaryl/α,β-unsaturated/α-hetero) is 1. The van der Waals surface area contributed by atoms with Gasteiger partial charge in [-0.3, -0.25) is 9.59 Å². The van der Waals surface area contributed by atoms with Crippen molar-refractivity contribution in [2.45, 2.75) is 66.0 Å². The molecule has 0 aliphatic heterocycles. The summed E-state index contributed by atoms with van der Waals surface area (Å²) in [4.78, 5) is 25.0. The highest BCUT2D eigenvalue weighted by molar-refractivity contribution is 9.10. The number of rotatable bonds is 7. The zero-order valence-corrected chi connectivity index (χ0v) is 19.5. The summed E-state index contributed by atoms with van der Waals surface area (Å²) in [5.74, 6) is 2.58. The molecule has 3 fully saturated rings. The van der Waals surface area contributed by atoms with Crippen molar-refractivity contribution in [3.63, 3.8) is 0 Å². The fourth-order valence-electron chi connectivity index (χ4n) is 5.26. The van der Waals surface area contributed by atoms with Gasteiger partial charge in [-0.05, 0) is 58.9 Å². The van der Waals surface area contributed by atoms with Gasteiger partial charge in [0.15, 0.2) is 5.78 Å². The van der Waals surface area contributed by atoms with E-state index in [4.69, 9.17) is 4.52 Å². The van der Waals surface area contributed by atoms with Crippen LogP contribution < -0.4 is 10.9 Å². The molecule has 3 aliphatic rings. The van der Waals surface area contributed by atoms with Gasteiger partial charge in [-0.2, -0.15) is 5.10 Å². The van der Waals surface area contributed by atoms with Gasteiger partial charge >= 0.3 is 0 Å². The van der Waals surface area contributed by atoms with Gasteiger partial charge < -0.3 is 9.84 Å². The summed E-state index contributed by atoms with van der Waals surface area (Å²) < 4.78 is 6.77. The van der Waals surface area contributed by atoms with Crippen LogP contribution in [0.1, 0.15) is 51.5 Å². The summed E-state index contributed by atoms with van der Waals surface area (Å²) in [6, 6.07) is 2.15. The Morgan fingerprint density at radius 3 is 2.80 bits per heavy atom. The summed E-state index contributed by atoms with van der Waals surface area (Å²) in [7, 11) is 0. The molecule has 4 atom stereocenters. The number of ketones is 1. The normalized spacial score (nSPS) is 26.8. The summed E-state index contributed by atoms with van der Waals surface area (Å²) in [5.41, 5.74) is 1.62. The topological polar surface area (TPSA) is 90.0 Å². The Labute approximate surface area is 184 Å². The first kappa shape index (κ1) is 21.3. The number of carbonyl (C=O) groups excluding carboxylic acids is 1. The molecule has 3 aliphatic carbocycles.